The molecule has 1 heterocycles. The minimum atomic E-state index is -0.0162. The van der Waals surface area contributed by atoms with Gasteiger partial charge in [0.05, 0.1) is 23.3 Å². The van der Waals surface area contributed by atoms with E-state index in [-0.39, 0.29) is 12.0 Å². The highest BCUT2D eigenvalue weighted by atomic mass is 79.9. The fraction of sp³-hybridized carbons (Fsp3) is 0.316. The molecule has 0 unspecified atom stereocenters. The monoisotopic (exact) mass is 407 g/mol. The van der Waals surface area contributed by atoms with Gasteiger partial charge in [-0.05, 0) is 42.7 Å². The third kappa shape index (κ3) is 4.38. The molecule has 0 bridgehead atoms. The summed E-state index contributed by atoms with van der Waals surface area (Å²) in [4.78, 5) is 14.5. The number of amides is 1. The average molecular weight is 409 g/mol. The Bertz CT molecular complexity index is 705. The zero-order valence-electron chi connectivity index (χ0n) is 13.3. The van der Waals surface area contributed by atoms with Gasteiger partial charge in [-0.15, -0.1) is 0 Å². The lowest BCUT2D eigenvalue weighted by Crippen LogP contribution is -2.43. The van der Waals surface area contributed by atoms with E-state index in [0.717, 1.165) is 29.4 Å². The summed E-state index contributed by atoms with van der Waals surface area (Å²) in [6.07, 6.45) is 1.98. The van der Waals surface area contributed by atoms with Gasteiger partial charge in [0.25, 0.3) is 5.91 Å². The van der Waals surface area contributed by atoms with Gasteiger partial charge in [-0.1, -0.05) is 51.8 Å². The van der Waals surface area contributed by atoms with Crippen LogP contribution in [0.15, 0.2) is 53.0 Å². The number of piperidine rings is 1. The van der Waals surface area contributed by atoms with Gasteiger partial charge < -0.3 is 9.64 Å². The molecule has 0 spiro atoms. The van der Waals surface area contributed by atoms with Crippen molar-refractivity contribution in [3.05, 3.63) is 69.2 Å². The van der Waals surface area contributed by atoms with Crippen molar-refractivity contribution in [1.82, 2.24) is 4.90 Å². The number of halogens is 2. The molecule has 1 aliphatic heterocycles. The average Bonchev–Trinajstić information content (AvgIpc) is 2.61. The van der Waals surface area contributed by atoms with Gasteiger partial charge >= 0.3 is 0 Å². The largest absolute Gasteiger partial charge is 0.372 e. The topological polar surface area (TPSA) is 29.5 Å². The van der Waals surface area contributed by atoms with Gasteiger partial charge in [0.15, 0.2) is 0 Å². The van der Waals surface area contributed by atoms with Crippen LogP contribution in [0, 0.1) is 0 Å². The summed E-state index contributed by atoms with van der Waals surface area (Å²) in [5.41, 5.74) is 1.69. The van der Waals surface area contributed by atoms with E-state index in [1.165, 1.54) is 0 Å². The van der Waals surface area contributed by atoms with Crippen molar-refractivity contribution in [1.29, 1.82) is 0 Å². The van der Waals surface area contributed by atoms with Crippen LogP contribution >= 0.6 is 27.5 Å². The maximum absolute atomic E-state index is 12.7. The maximum atomic E-state index is 12.7. The first-order valence-electron chi connectivity index (χ1n) is 8.03. The summed E-state index contributed by atoms with van der Waals surface area (Å²) < 4.78 is 7.07. The highest BCUT2D eigenvalue weighted by Crippen LogP contribution is 2.21. The quantitative estimate of drug-likeness (QED) is 0.718. The van der Waals surface area contributed by atoms with Crippen molar-refractivity contribution >= 4 is 33.4 Å². The minimum Gasteiger partial charge on any atom is -0.372 e. The second kappa shape index (κ2) is 8.15. The number of benzene rings is 2. The van der Waals surface area contributed by atoms with Gasteiger partial charge in [0.1, 0.15) is 0 Å². The van der Waals surface area contributed by atoms with Crippen LogP contribution in [-0.2, 0) is 11.3 Å². The lowest BCUT2D eigenvalue weighted by molar-refractivity contribution is -0.00672. The van der Waals surface area contributed by atoms with Crippen LogP contribution < -0.4 is 0 Å². The SMILES string of the molecule is O=C(c1ccccc1Cl)N1CCC[C@H](OCc2ccc(Br)cc2)C1. The molecule has 0 radical (unpaired) electrons. The Hall–Kier alpha value is -1.36. The molecule has 0 saturated carbocycles. The third-order valence-electron chi connectivity index (χ3n) is 4.17. The van der Waals surface area contributed by atoms with E-state index < -0.39 is 0 Å². The molecule has 0 aliphatic carbocycles. The second-order valence-corrected chi connectivity index (χ2v) is 7.26. The summed E-state index contributed by atoms with van der Waals surface area (Å²) in [6.45, 7) is 1.93. The van der Waals surface area contributed by atoms with Gasteiger partial charge in [0.2, 0.25) is 0 Å². The lowest BCUT2D eigenvalue weighted by atomic mass is 10.1. The van der Waals surface area contributed by atoms with Crippen LogP contribution in [-0.4, -0.2) is 30.0 Å². The molecule has 2 aromatic rings. The van der Waals surface area contributed by atoms with E-state index in [1.54, 1.807) is 12.1 Å². The molecule has 0 aromatic heterocycles. The van der Waals surface area contributed by atoms with Crippen LogP contribution in [0.25, 0.3) is 0 Å². The maximum Gasteiger partial charge on any atom is 0.255 e. The smallest absolute Gasteiger partial charge is 0.255 e. The molecule has 1 aliphatic rings. The van der Waals surface area contributed by atoms with Crippen molar-refractivity contribution < 1.29 is 9.53 Å². The number of likely N-dealkylation sites (tertiary alicyclic amines) is 1. The zero-order chi connectivity index (χ0) is 16.9. The first-order chi connectivity index (χ1) is 11.6. The molecule has 1 fully saturated rings. The molecule has 1 amide bonds. The van der Waals surface area contributed by atoms with Crippen molar-refractivity contribution in [2.75, 3.05) is 13.1 Å². The van der Waals surface area contributed by atoms with E-state index in [2.05, 4.69) is 15.9 Å². The normalized spacial score (nSPS) is 17.8. The Kier molecular flexibility index (Phi) is 5.93. The summed E-state index contributed by atoms with van der Waals surface area (Å²) in [5.74, 6) is -0.0162. The van der Waals surface area contributed by atoms with E-state index in [9.17, 15) is 4.79 Å². The fourth-order valence-corrected chi connectivity index (χ4v) is 3.34. The van der Waals surface area contributed by atoms with Crippen LogP contribution in [0.4, 0.5) is 0 Å². The van der Waals surface area contributed by atoms with E-state index in [4.69, 9.17) is 16.3 Å². The summed E-state index contributed by atoms with van der Waals surface area (Å²) >= 11 is 9.58. The second-order valence-electron chi connectivity index (χ2n) is 5.93. The number of rotatable bonds is 4. The number of carbonyl (C=O) groups excluding carboxylic acids is 1. The fourth-order valence-electron chi connectivity index (χ4n) is 2.86. The highest BCUT2D eigenvalue weighted by molar-refractivity contribution is 9.10. The molecule has 2 aromatic carbocycles. The Morgan fingerprint density at radius 1 is 1.21 bits per heavy atom. The molecular formula is C19H19BrClNO2. The zero-order valence-corrected chi connectivity index (χ0v) is 15.6. The first kappa shape index (κ1) is 17.5. The third-order valence-corrected chi connectivity index (χ3v) is 5.03. The van der Waals surface area contributed by atoms with Crippen LogP contribution in [0.3, 0.4) is 0 Å². The van der Waals surface area contributed by atoms with Crippen LogP contribution in [0.5, 0.6) is 0 Å². The summed E-state index contributed by atoms with van der Waals surface area (Å²) in [7, 11) is 0. The standard InChI is InChI=1S/C19H19BrClNO2/c20-15-9-7-14(8-10-15)13-24-16-4-3-11-22(12-16)19(23)17-5-1-2-6-18(17)21/h1-2,5-10,16H,3-4,11-13H2/t16-/m0/s1. The predicted octanol–water partition coefficient (Wildman–Crippen LogP) is 4.92. The number of ether oxygens (including phenoxy) is 1. The highest BCUT2D eigenvalue weighted by Gasteiger charge is 2.26. The first-order valence-corrected chi connectivity index (χ1v) is 9.20. The Morgan fingerprint density at radius 2 is 1.96 bits per heavy atom. The predicted molar refractivity (Wildman–Crippen MR) is 99.3 cm³/mol. The van der Waals surface area contributed by atoms with Crippen LogP contribution in [0.2, 0.25) is 5.02 Å². The number of carbonyl (C=O) groups is 1. The van der Waals surface area contributed by atoms with Gasteiger partial charge in [-0.2, -0.15) is 0 Å². The number of nitrogens with zero attached hydrogens (tertiary/aromatic N) is 1. The lowest BCUT2D eigenvalue weighted by Gasteiger charge is -2.33. The van der Waals surface area contributed by atoms with Crippen molar-refractivity contribution in [3.8, 4) is 0 Å². The minimum absolute atomic E-state index is 0.0162. The Morgan fingerprint density at radius 3 is 2.71 bits per heavy atom. The van der Waals surface area contributed by atoms with Gasteiger partial charge in [-0.25, -0.2) is 0 Å². The van der Waals surface area contributed by atoms with Crippen molar-refractivity contribution in [3.63, 3.8) is 0 Å². The van der Waals surface area contributed by atoms with Gasteiger partial charge in [0, 0.05) is 17.6 Å². The Balaban J connectivity index is 1.59. The summed E-state index contributed by atoms with van der Waals surface area (Å²) in [6, 6.07) is 15.3. The molecule has 1 saturated heterocycles. The van der Waals surface area contributed by atoms with E-state index in [1.807, 2.05) is 41.3 Å². The molecule has 3 nitrogen and oxygen atoms in total. The molecule has 24 heavy (non-hydrogen) atoms. The van der Waals surface area contributed by atoms with E-state index in [0.29, 0.717) is 23.7 Å². The molecule has 0 N–H and O–H groups in total. The summed E-state index contributed by atoms with van der Waals surface area (Å²) in [5, 5.41) is 0.500. The molecule has 126 valence electrons. The number of hydrogen-bond donors (Lipinski definition) is 0. The molecule has 3 rings (SSSR count). The van der Waals surface area contributed by atoms with Crippen LogP contribution in [0.1, 0.15) is 28.8 Å². The van der Waals surface area contributed by atoms with E-state index >= 15 is 0 Å². The van der Waals surface area contributed by atoms with Crippen molar-refractivity contribution in [2.45, 2.75) is 25.6 Å². The van der Waals surface area contributed by atoms with Gasteiger partial charge in [-0.3, -0.25) is 4.79 Å². The molecule has 5 heteroatoms. The number of hydrogen-bond acceptors (Lipinski definition) is 2. The molecule has 1 atom stereocenters. The van der Waals surface area contributed by atoms with Crippen molar-refractivity contribution in [2.24, 2.45) is 0 Å². The molecular weight excluding hydrogens is 390 g/mol. The Labute approximate surface area is 155 Å².